The van der Waals surface area contributed by atoms with Gasteiger partial charge in [0.25, 0.3) is 0 Å². The molecule has 158 valence electrons. The van der Waals surface area contributed by atoms with Crippen LogP contribution in [0.4, 0.5) is 5.82 Å². The van der Waals surface area contributed by atoms with Gasteiger partial charge in [-0.2, -0.15) is 0 Å². The van der Waals surface area contributed by atoms with E-state index in [-0.39, 0.29) is 5.60 Å². The van der Waals surface area contributed by atoms with Crippen LogP contribution >= 0.6 is 0 Å². The van der Waals surface area contributed by atoms with Crippen LogP contribution in [0.1, 0.15) is 54.9 Å². The number of nitrogens with zero attached hydrogens (tertiary/aromatic N) is 3. The summed E-state index contributed by atoms with van der Waals surface area (Å²) in [4.78, 5) is 9.38. The van der Waals surface area contributed by atoms with E-state index in [2.05, 4.69) is 35.6 Å². The highest BCUT2D eigenvalue weighted by Crippen LogP contribution is 2.22. The van der Waals surface area contributed by atoms with Gasteiger partial charge in [-0.25, -0.2) is 4.98 Å². The maximum Gasteiger partial charge on any atom is 0.137 e. The van der Waals surface area contributed by atoms with Crippen molar-refractivity contribution in [3.8, 4) is 5.75 Å². The van der Waals surface area contributed by atoms with Gasteiger partial charge in [-0.05, 0) is 38.3 Å². The molecule has 2 rings (SSSR count). The fourth-order valence-corrected chi connectivity index (χ4v) is 3.27. The summed E-state index contributed by atoms with van der Waals surface area (Å²) >= 11 is 0. The van der Waals surface area contributed by atoms with Gasteiger partial charge in [0.2, 0.25) is 0 Å². The third-order valence-electron chi connectivity index (χ3n) is 4.62. The number of rotatable bonds is 7. The lowest BCUT2D eigenvalue weighted by Crippen LogP contribution is -2.48. The maximum absolute atomic E-state index is 5.55. The molecule has 1 saturated heterocycles. The summed E-state index contributed by atoms with van der Waals surface area (Å²) in [6, 6.07) is 4.02. The smallest absolute Gasteiger partial charge is 0.137 e. The molecule has 1 aromatic heterocycles. The van der Waals surface area contributed by atoms with Gasteiger partial charge < -0.3 is 14.4 Å². The van der Waals surface area contributed by atoms with Gasteiger partial charge in [0.1, 0.15) is 11.6 Å². The van der Waals surface area contributed by atoms with E-state index in [1.807, 2.05) is 39.8 Å². The van der Waals surface area contributed by atoms with Crippen LogP contribution < -0.4 is 9.64 Å². The van der Waals surface area contributed by atoms with E-state index >= 15 is 0 Å². The Hall–Kier alpha value is -1.33. The second kappa shape index (κ2) is 13.8. The number of ether oxygens (including phenoxy) is 2. The number of hydrogen-bond acceptors (Lipinski definition) is 5. The Labute approximate surface area is 168 Å². The number of piperazine rings is 1. The van der Waals surface area contributed by atoms with Crippen molar-refractivity contribution < 1.29 is 9.47 Å². The highest BCUT2D eigenvalue weighted by molar-refractivity contribution is 5.41. The third-order valence-corrected chi connectivity index (χ3v) is 4.62. The highest BCUT2D eigenvalue weighted by Gasteiger charge is 2.24. The Balaban J connectivity index is 0.00000158. The first kappa shape index (κ1) is 25.7. The minimum absolute atomic E-state index is 0.0335. The predicted molar refractivity (Wildman–Crippen MR) is 117 cm³/mol. The highest BCUT2D eigenvalue weighted by atomic mass is 16.5. The molecule has 5 heteroatoms. The molecule has 1 atom stereocenters. The Bertz CT molecular complexity index is 469. The van der Waals surface area contributed by atoms with Crippen LogP contribution in [0.25, 0.3) is 0 Å². The largest absolute Gasteiger partial charge is 0.495 e. The SMILES string of the molecule is CC.CC.COc1ccc(N2CCN(CC(C)CC(C)(C)OC)CC2)nc1. The predicted octanol–water partition coefficient (Wildman–Crippen LogP) is 4.72. The number of pyridine rings is 1. The van der Waals surface area contributed by atoms with Crippen LogP contribution in [-0.4, -0.2) is 62.4 Å². The molecule has 0 N–H and O–H groups in total. The van der Waals surface area contributed by atoms with Gasteiger partial charge in [0, 0.05) is 39.8 Å². The Morgan fingerprint density at radius 1 is 1.04 bits per heavy atom. The standard InChI is InChI=1S/C18H31N3O2.2C2H6/c1-15(12-18(2,3)23-5)14-20-8-10-21(11-9-20)17-7-6-16(22-4)13-19-17;2*1-2/h6-7,13,15H,8-12,14H2,1-5H3;2*1-2H3. The van der Waals surface area contributed by atoms with Crippen molar-refractivity contribution in [2.24, 2.45) is 5.92 Å². The molecule has 1 aromatic rings. The summed E-state index contributed by atoms with van der Waals surface area (Å²) in [6.45, 7) is 20.0. The summed E-state index contributed by atoms with van der Waals surface area (Å²) in [5, 5.41) is 0. The zero-order chi connectivity index (χ0) is 20.9. The lowest BCUT2D eigenvalue weighted by atomic mass is 9.94. The average Bonchev–Trinajstić information content (AvgIpc) is 2.71. The molecule has 0 aromatic carbocycles. The van der Waals surface area contributed by atoms with Crippen LogP contribution in [-0.2, 0) is 4.74 Å². The van der Waals surface area contributed by atoms with Crippen molar-refractivity contribution in [2.75, 3.05) is 51.8 Å². The molecule has 1 aliphatic heterocycles. The lowest BCUT2D eigenvalue weighted by molar-refractivity contribution is -0.000204. The van der Waals surface area contributed by atoms with Gasteiger partial charge in [-0.1, -0.05) is 34.6 Å². The van der Waals surface area contributed by atoms with Crippen molar-refractivity contribution in [1.82, 2.24) is 9.88 Å². The molecular weight excluding hydrogens is 338 g/mol. The van der Waals surface area contributed by atoms with E-state index in [4.69, 9.17) is 9.47 Å². The van der Waals surface area contributed by atoms with Gasteiger partial charge in [0.15, 0.2) is 0 Å². The summed E-state index contributed by atoms with van der Waals surface area (Å²) in [5.74, 6) is 2.48. The molecule has 5 nitrogen and oxygen atoms in total. The topological polar surface area (TPSA) is 37.8 Å². The number of methoxy groups -OCH3 is 2. The zero-order valence-electron chi connectivity index (χ0n) is 19.2. The minimum Gasteiger partial charge on any atom is -0.495 e. The molecule has 0 radical (unpaired) electrons. The van der Waals surface area contributed by atoms with Crippen LogP contribution in [0, 0.1) is 5.92 Å². The second-order valence-corrected chi connectivity index (χ2v) is 7.12. The zero-order valence-corrected chi connectivity index (χ0v) is 19.2. The third kappa shape index (κ3) is 9.43. The molecule has 1 aliphatic rings. The molecule has 0 aliphatic carbocycles. The minimum atomic E-state index is -0.0335. The van der Waals surface area contributed by atoms with Crippen molar-refractivity contribution in [1.29, 1.82) is 0 Å². The van der Waals surface area contributed by atoms with Crippen molar-refractivity contribution >= 4 is 5.82 Å². The summed E-state index contributed by atoms with van der Waals surface area (Å²) in [7, 11) is 3.47. The maximum atomic E-state index is 5.55. The molecule has 1 fully saturated rings. The normalized spacial score (nSPS) is 15.8. The molecule has 0 saturated carbocycles. The molecule has 0 bridgehead atoms. The van der Waals surface area contributed by atoms with Gasteiger partial charge in [-0.15, -0.1) is 0 Å². The number of anilines is 1. The average molecular weight is 382 g/mol. The van der Waals surface area contributed by atoms with E-state index in [0.29, 0.717) is 5.92 Å². The first-order chi connectivity index (χ1) is 12.9. The lowest BCUT2D eigenvalue weighted by Gasteiger charge is -2.37. The van der Waals surface area contributed by atoms with Crippen LogP contribution in [0.2, 0.25) is 0 Å². The number of aromatic nitrogens is 1. The molecular formula is C22H43N3O2. The first-order valence-corrected chi connectivity index (χ1v) is 10.5. The summed E-state index contributed by atoms with van der Waals surface area (Å²) in [5.41, 5.74) is -0.0335. The first-order valence-electron chi connectivity index (χ1n) is 10.5. The monoisotopic (exact) mass is 381 g/mol. The van der Waals surface area contributed by atoms with Gasteiger partial charge >= 0.3 is 0 Å². The van der Waals surface area contributed by atoms with Crippen LogP contribution in [0.15, 0.2) is 18.3 Å². The second-order valence-electron chi connectivity index (χ2n) is 7.12. The Kier molecular flexibility index (Phi) is 13.1. The van der Waals surface area contributed by atoms with Crippen molar-refractivity contribution in [2.45, 2.75) is 60.5 Å². The fraction of sp³-hybridized carbons (Fsp3) is 0.773. The molecule has 1 unspecified atom stereocenters. The van der Waals surface area contributed by atoms with E-state index in [0.717, 1.165) is 50.7 Å². The molecule has 2 heterocycles. The number of hydrogen-bond donors (Lipinski definition) is 0. The van der Waals surface area contributed by atoms with E-state index in [1.165, 1.54) is 0 Å². The molecule has 27 heavy (non-hydrogen) atoms. The van der Waals surface area contributed by atoms with Crippen LogP contribution in [0.3, 0.4) is 0 Å². The van der Waals surface area contributed by atoms with E-state index in [9.17, 15) is 0 Å². The molecule has 0 spiro atoms. The molecule has 0 amide bonds. The quantitative estimate of drug-likeness (QED) is 0.683. The van der Waals surface area contributed by atoms with Gasteiger partial charge in [-0.3, -0.25) is 4.90 Å². The van der Waals surface area contributed by atoms with Crippen molar-refractivity contribution in [3.63, 3.8) is 0 Å². The fourth-order valence-electron chi connectivity index (χ4n) is 3.27. The van der Waals surface area contributed by atoms with Crippen LogP contribution in [0.5, 0.6) is 5.75 Å². The Morgan fingerprint density at radius 2 is 1.63 bits per heavy atom. The van der Waals surface area contributed by atoms with E-state index < -0.39 is 0 Å². The summed E-state index contributed by atoms with van der Waals surface area (Å²) in [6.07, 6.45) is 2.88. The van der Waals surface area contributed by atoms with E-state index in [1.54, 1.807) is 20.4 Å². The Morgan fingerprint density at radius 3 is 2.07 bits per heavy atom. The van der Waals surface area contributed by atoms with Crippen molar-refractivity contribution in [3.05, 3.63) is 18.3 Å². The summed E-state index contributed by atoms with van der Waals surface area (Å²) < 4.78 is 10.7. The van der Waals surface area contributed by atoms with Gasteiger partial charge in [0.05, 0.1) is 18.9 Å².